The quantitative estimate of drug-likeness (QED) is 0.826. The van der Waals surface area contributed by atoms with E-state index in [-0.39, 0.29) is 0 Å². The van der Waals surface area contributed by atoms with Gasteiger partial charge in [0.2, 0.25) is 0 Å². The highest BCUT2D eigenvalue weighted by atomic mass is 16.3. The normalized spacial score (nSPS) is 15.1. The molecule has 90 valence electrons. The largest absolute Gasteiger partial charge is 0.508 e. The smallest absolute Gasteiger partial charge is 0.115 e. The zero-order chi connectivity index (χ0) is 12.1. The van der Waals surface area contributed by atoms with Gasteiger partial charge < -0.3 is 10.0 Å². The molecular weight excluding hydrogens is 198 g/mol. The van der Waals surface area contributed by atoms with Crippen molar-refractivity contribution in [3.8, 4) is 5.75 Å². The summed E-state index contributed by atoms with van der Waals surface area (Å²) >= 11 is 0. The molecule has 0 aromatic heterocycles. The fraction of sp³-hybridized carbons (Fsp3) is 0.571. The Hall–Kier alpha value is -1.02. The van der Waals surface area contributed by atoms with Gasteiger partial charge in [-0.2, -0.15) is 0 Å². The molecule has 0 fully saturated rings. The van der Waals surface area contributed by atoms with Crippen LogP contribution >= 0.6 is 0 Å². The minimum absolute atomic E-state index is 0.346. The molecule has 2 nitrogen and oxygen atoms in total. The summed E-state index contributed by atoms with van der Waals surface area (Å²) in [7, 11) is 4.22. The molecule has 0 unspecified atom stereocenters. The topological polar surface area (TPSA) is 23.5 Å². The Morgan fingerprint density at radius 3 is 2.19 bits per heavy atom. The van der Waals surface area contributed by atoms with E-state index >= 15 is 0 Å². The highest BCUT2D eigenvalue weighted by molar-refractivity contribution is 5.28. The molecule has 0 saturated heterocycles. The number of aromatic hydroxyl groups is 1. The molecule has 0 amide bonds. The van der Waals surface area contributed by atoms with Crippen LogP contribution in [0.4, 0.5) is 0 Å². The second kappa shape index (κ2) is 5.90. The van der Waals surface area contributed by atoms with E-state index < -0.39 is 0 Å². The third kappa shape index (κ3) is 3.53. The van der Waals surface area contributed by atoms with Gasteiger partial charge in [-0.05, 0) is 50.0 Å². The molecule has 0 aliphatic rings. The summed E-state index contributed by atoms with van der Waals surface area (Å²) in [5.41, 5.74) is 1.33. The molecular formula is C14H23NO. The molecule has 1 aromatic rings. The van der Waals surface area contributed by atoms with E-state index in [0.29, 0.717) is 17.6 Å². The summed E-state index contributed by atoms with van der Waals surface area (Å²) in [4.78, 5) is 2.23. The Balaban J connectivity index is 2.77. The highest BCUT2D eigenvalue weighted by Gasteiger charge is 2.17. The molecule has 0 bridgehead atoms. The Morgan fingerprint density at radius 2 is 1.75 bits per heavy atom. The van der Waals surface area contributed by atoms with Crippen LogP contribution in [-0.2, 0) is 0 Å². The molecule has 0 saturated carbocycles. The van der Waals surface area contributed by atoms with Crippen molar-refractivity contribution in [1.82, 2.24) is 4.90 Å². The molecule has 1 aromatic carbocycles. The van der Waals surface area contributed by atoms with Crippen LogP contribution in [-0.4, -0.2) is 30.6 Å². The summed E-state index contributed by atoms with van der Waals surface area (Å²) in [6, 6.07) is 7.63. The van der Waals surface area contributed by atoms with Gasteiger partial charge in [-0.25, -0.2) is 0 Å². The first kappa shape index (κ1) is 13.0. The maximum absolute atomic E-state index is 9.29. The minimum Gasteiger partial charge on any atom is -0.508 e. The summed E-state index contributed by atoms with van der Waals surface area (Å²) in [6.07, 6.45) is 1.14. The van der Waals surface area contributed by atoms with Crippen molar-refractivity contribution >= 4 is 0 Å². The van der Waals surface area contributed by atoms with E-state index in [1.54, 1.807) is 12.1 Å². The summed E-state index contributed by atoms with van der Waals surface area (Å²) in [5.74, 6) is 1.55. The molecule has 1 rings (SSSR count). The zero-order valence-electron chi connectivity index (χ0n) is 10.8. The van der Waals surface area contributed by atoms with Crippen LogP contribution in [0.2, 0.25) is 0 Å². The Kier molecular flexibility index (Phi) is 4.81. The standard InChI is InChI=1S/C14H23NO/c1-5-14(11(2)10-15(3)4)12-6-8-13(16)9-7-12/h6-9,11,14,16H,5,10H2,1-4H3/t11-,14+/m0/s1. The molecule has 1 N–H and O–H groups in total. The minimum atomic E-state index is 0.346. The Labute approximate surface area is 98.9 Å². The van der Waals surface area contributed by atoms with Crippen LogP contribution in [0, 0.1) is 5.92 Å². The van der Waals surface area contributed by atoms with Crippen LogP contribution in [0.5, 0.6) is 5.75 Å². The molecule has 0 spiro atoms. The van der Waals surface area contributed by atoms with Crippen molar-refractivity contribution in [2.75, 3.05) is 20.6 Å². The molecule has 2 atom stereocenters. The van der Waals surface area contributed by atoms with Gasteiger partial charge in [-0.3, -0.25) is 0 Å². The van der Waals surface area contributed by atoms with E-state index in [1.165, 1.54) is 5.56 Å². The first-order valence-electron chi connectivity index (χ1n) is 5.98. The van der Waals surface area contributed by atoms with Gasteiger partial charge in [0.1, 0.15) is 5.75 Å². The van der Waals surface area contributed by atoms with Crippen LogP contribution in [0.25, 0.3) is 0 Å². The van der Waals surface area contributed by atoms with Gasteiger partial charge >= 0.3 is 0 Å². The summed E-state index contributed by atoms with van der Waals surface area (Å²) in [6.45, 7) is 5.62. The number of nitrogens with zero attached hydrogens (tertiary/aromatic N) is 1. The van der Waals surface area contributed by atoms with E-state index in [4.69, 9.17) is 0 Å². The van der Waals surface area contributed by atoms with Crippen molar-refractivity contribution in [3.05, 3.63) is 29.8 Å². The molecule has 0 aliphatic carbocycles. The number of phenolic OH excluding ortho intramolecular Hbond substituents is 1. The van der Waals surface area contributed by atoms with Gasteiger partial charge in [-0.1, -0.05) is 26.0 Å². The van der Waals surface area contributed by atoms with Crippen molar-refractivity contribution in [2.45, 2.75) is 26.2 Å². The van der Waals surface area contributed by atoms with Gasteiger partial charge in [0, 0.05) is 6.54 Å². The first-order chi connectivity index (χ1) is 7.54. The van der Waals surface area contributed by atoms with E-state index in [0.717, 1.165) is 13.0 Å². The van der Waals surface area contributed by atoms with Crippen LogP contribution in [0.1, 0.15) is 31.7 Å². The Bertz CT molecular complexity index is 305. The number of rotatable bonds is 5. The third-order valence-electron chi connectivity index (χ3n) is 3.10. The van der Waals surface area contributed by atoms with E-state index in [2.05, 4.69) is 32.8 Å². The maximum atomic E-state index is 9.29. The van der Waals surface area contributed by atoms with Gasteiger partial charge in [0.15, 0.2) is 0 Å². The summed E-state index contributed by atoms with van der Waals surface area (Å²) in [5, 5.41) is 9.29. The highest BCUT2D eigenvalue weighted by Crippen LogP contribution is 2.29. The first-order valence-corrected chi connectivity index (χ1v) is 5.98. The number of benzene rings is 1. The average molecular weight is 221 g/mol. The van der Waals surface area contributed by atoms with E-state index in [1.807, 2.05) is 12.1 Å². The number of hydrogen-bond donors (Lipinski definition) is 1. The molecule has 0 heterocycles. The lowest BCUT2D eigenvalue weighted by molar-refractivity contribution is 0.301. The fourth-order valence-electron chi connectivity index (χ4n) is 2.39. The van der Waals surface area contributed by atoms with Crippen LogP contribution in [0.3, 0.4) is 0 Å². The number of hydrogen-bond acceptors (Lipinski definition) is 2. The second-order valence-corrected chi connectivity index (χ2v) is 4.85. The van der Waals surface area contributed by atoms with E-state index in [9.17, 15) is 5.11 Å². The maximum Gasteiger partial charge on any atom is 0.115 e. The van der Waals surface area contributed by atoms with Crippen molar-refractivity contribution in [3.63, 3.8) is 0 Å². The molecule has 16 heavy (non-hydrogen) atoms. The van der Waals surface area contributed by atoms with Gasteiger partial charge in [0.25, 0.3) is 0 Å². The van der Waals surface area contributed by atoms with Crippen LogP contribution in [0.15, 0.2) is 24.3 Å². The second-order valence-electron chi connectivity index (χ2n) is 4.85. The molecule has 2 heteroatoms. The lowest BCUT2D eigenvalue weighted by atomic mass is 9.85. The number of phenols is 1. The zero-order valence-corrected chi connectivity index (χ0v) is 10.8. The van der Waals surface area contributed by atoms with Gasteiger partial charge in [-0.15, -0.1) is 0 Å². The SMILES string of the molecule is CC[C@@H](c1ccc(O)cc1)[C@@H](C)CN(C)C. The predicted octanol–water partition coefficient (Wildman–Crippen LogP) is 3.08. The lowest BCUT2D eigenvalue weighted by Gasteiger charge is -2.26. The average Bonchev–Trinajstić information content (AvgIpc) is 2.21. The van der Waals surface area contributed by atoms with Gasteiger partial charge in [0.05, 0.1) is 0 Å². The molecule has 0 aliphatic heterocycles. The summed E-state index contributed by atoms with van der Waals surface area (Å²) < 4.78 is 0. The van der Waals surface area contributed by atoms with Crippen LogP contribution < -0.4 is 0 Å². The monoisotopic (exact) mass is 221 g/mol. The van der Waals surface area contributed by atoms with Crippen molar-refractivity contribution in [1.29, 1.82) is 0 Å². The van der Waals surface area contributed by atoms with Crippen molar-refractivity contribution < 1.29 is 5.11 Å². The Morgan fingerprint density at radius 1 is 1.19 bits per heavy atom. The predicted molar refractivity (Wildman–Crippen MR) is 68.9 cm³/mol. The fourth-order valence-corrected chi connectivity index (χ4v) is 2.39. The lowest BCUT2D eigenvalue weighted by Crippen LogP contribution is -2.24. The third-order valence-corrected chi connectivity index (χ3v) is 3.10. The molecule has 0 radical (unpaired) electrons. The van der Waals surface area contributed by atoms with Crippen molar-refractivity contribution in [2.24, 2.45) is 5.92 Å².